The molecule has 1 saturated heterocycles. The quantitative estimate of drug-likeness (QED) is 0.168. The molecular formula is C29H38ClN5O7S. The summed E-state index contributed by atoms with van der Waals surface area (Å²) in [4.78, 5) is 8.82. The van der Waals surface area contributed by atoms with Crippen LogP contribution < -0.4 is 20.7 Å². The van der Waals surface area contributed by atoms with Gasteiger partial charge in [0.15, 0.2) is 15.7 Å². The molecule has 2 unspecified atom stereocenters. The Kier molecular flexibility index (Phi) is 9.02. The maximum atomic E-state index is 12.9. The molecule has 1 aliphatic rings. The first-order valence-electron chi connectivity index (χ1n) is 13.7. The fourth-order valence-electron chi connectivity index (χ4n) is 5.08. The van der Waals surface area contributed by atoms with Gasteiger partial charge in [0.05, 0.1) is 27.7 Å². The van der Waals surface area contributed by atoms with E-state index in [4.69, 9.17) is 16.3 Å². The van der Waals surface area contributed by atoms with Gasteiger partial charge in [-0.25, -0.2) is 18.7 Å². The van der Waals surface area contributed by atoms with Gasteiger partial charge in [-0.3, -0.25) is 0 Å². The first kappa shape index (κ1) is 32.9. The average Bonchev–Trinajstić information content (AvgIpc) is 2.85. The van der Waals surface area contributed by atoms with E-state index in [0.29, 0.717) is 16.9 Å². The minimum atomic E-state index is -3.61. The third kappa shape index (κ3) is 7.92. The zero-order valence-electron chi connectivity index (χ0n) is 24.8. The standard InChI is InChI=1S/C29H38ClN5O7S/c1-16(2)43(40,41)24-10-8-7-9-21(24)32-25-20(30)15-31-26(34-25)33-22-11-17(3)19(12-23(22)42-27(4,5)36)18-13-28(6,37)35-29(38,39)14-18/h7-12,15-16,18,35-39H,13-14H2,1-6H3,(H2,31,32,33,34). The lowest BCUT2D eigenvalue weighted by atomic mass is 9.81. The maximum absolute atomic E-state index is 12.9. The molecule has 12 nitrogen and oxygen atoms in total. The molecule has 2 atom stereocenters. The summed E-state index contributed by atoms with van der Waals surface area (Å²) in [7, 11) is -3.61. The molecule has 234 valence electrons. The predicted octanol–water partition coefficient (Wildman–Crippen LogP) is 4.03. The molecule has 0 saturated carbocycles. The smallest absolute Gasteiger partial charge is 0.229 e. The number of piperidine rings is 1. The van der Waals surface area contributed by atoms with E-state index in [-0.39, 0.29) is 40.3 Å². The Balaban J connectivity index is 1.71. The molecule has 1 aliphatic heterocycles. The van der Waals surface area contributed by atoms with E-state index in [0.717, 1.165) is 5.56 Å². The lowest BCUT2D eigenvalue weighted by Gasteiger charge is -2.43. The van der Waals surface area contributed by atoms with Crippen LogP contribution in [0.3, 0.4) is 0 Å². The van der Waals surface area contributed by atoms with E-state index in [1.807, 2.05) is 6.92 Å². The van der Waals surface area contributed by atoms with Gasteiger partial charge in [0.25, 0.3) is 0 Å². The summed E-state index contributed by atoms with van der Waals surface area (Å²) in [6.07, 6.45) is 1.45. The minimum absolute atomic E-state index is 0.0952. The first-order chi connectivity index (χ1) is 19.8. The number of sulfone groups is 1. The van der Waals surface area contributed by atoms with Crippen molar-refractivity contribution in [2.24, 2.45) is 0 Å². The molecule has 0 spiro atoms. The summed E-state index contributed by atoms with van der Waals surface area (Å²) in [5.41, 5.74) is 0.571. The van der Waals surface area contributed by atoms with Gasteiger partial charge in [0.1, 0.15) is 16.5 Å². The molecule has 3 aromatic rings. The Morgan fingerprint density at radius 1 is 1.12 bits per heavy atom. The van der Waals surface area contributed by atoms with E-state index in [1.165, 1.54) is 33.0 Å². The number of para-hydroxylation sites is 1. The number of ether oxygens (including phenoxy) is 1. The fraction of sp³-hybridized carbons (Fsp3) is 0.448. The Bertz CT molecular complexity index is 1590. The number of aliphatic hydroxyl groups is 4. The number of aromatic nitrogens is 2. The molecule has 2 heterocycles. The molecule has 7 N–H and O–H groups in total. The van der Waals surface area contributed by atoms with Crippen molar-refractivity contribution in [1.29, 1.82) is 0 Å². The average molecular weight is 636 g/mol. The van der Waals surface area contributed by atoms with Gasteiger partial charge in [-0.05, 0) is 75.4 Å². The van der Waals surface area contributed by atoms with Crippen LogP contribution in [0.4, 0.5) is 23.1 Å². The van der Waals surface area contributed by atoms with Crippen LogP contribution in [0.25, 0.3) is 0 Å². The summed E-state index contributed by atoms with van der Waals surface area (Å²) < 4.78 is 31.7. The first-order valence-corrected chi connectivity index (χ1v) is 15.6. The number of nitrogens with zero attached hydrogens (tertiary/aromatic N) is 2. The molecule has 1 aromatic heterocycles. The van der Waals surface area contributed by atoms with Crippen molar-refractivity contribution >= 4 is 44.6 Å². The third-order valence-corrected chi connectivity index (χ3v) is 9.36. The topological polar surface area (TPSA) is 186 Å². The van der Waals surface area contributed by atoms with Gasteiger partial charge >= 0.3 is 0 Å². The number of halogens is 1. The maximum Gasteiger partial charge on any atom is 0.229 e. The third-order valence-electron chi connectivity index (χ3n) is 6.87. The second-order valence-corrected chi connectivity index (χ2v) is 14.7. The Morgan fingerprint density at radius 3 is 2.42 bits per heavy atom. The van der Waals surface area contributed by atoms with Crippen LogP contribution in [0.5, 0.6) is 5.75 Å². The number of rotatable bonds is 9. The number of anilines is 4. The van der Waals surface area contributed by atoms with Crippen molar-refractivity contribution in [2.45, 2.75) is 87.9 Å². The summed E-state index contributed by atoms with van der Waals surface area (Å²) in [5, 5.41) is 49.7. The van der Waals surface area contributed by atoms with E-state index in [1.54, 1.807) is 44.2 Å². The van der Waals surface area contributed by atoms with Crippen LogP contribution in [0.2, 0.25) is 5.02 Å². The molecule has 14 heteroatoms. The molecule has 0 aliphatic carbocycles. The van der Waals surface area contributed by atoms with Crippen LogP contribution in [-0.2, 0) is 9.84 Å². The second-order valence-electron chi connectivity index (χ2n) is 11.8. The van der Waals surface area contributed by atoms with Crippen molar-refractivity contribution < 1.29 is 33.6 Å². The van der Waals surface area contributed by atoms with Gasteiger partial charge in [-0.15, -0.1) is 0 Å². The van der Waals surface area contributed by atoms with E-state index in [9.17, 15) is 28.8 Å². The summed E-state index contributed by atoms with van der Waals surface area (Å²) >= 11 is 6.39. The Labute approximate surface area is 256 Å². The van der Waals surface area contributed by atoms with Crippen molar-refractivity contribution in [3.05, 3.63) is 58.7 Å². The molecule has 2 aromatic carbocycles. The minimum Gasteiger partial charge on any atom is -0.461 e. The molecule has 43 heavy (non-hydrogen) atoms. The lowest BCUT2D eigenvalue weighted by Crippen LogP contribution is -2.61. The van der Waals surface area contributed by atoms with Crippen molar-refractivity contribution in [1.82, 2.24) is 15.3 Å². The number of hydrogen-bond donors (Lipinski definition) is 7. The van der Waals surface area contributed by atoms with Gasteiger partial charge in [-0.1, -0.05) is 23.7 Å². The van der Waals surface area contributed by atoms with Crippen LogP contribution in [0, 0.1) is 6.92 Å². The largest absolute Gasteiger partial charge is 0.461 e. The molecule has 0 bridgehead atoms. The highest BCUT2D eigenvalue weighted by Crippen LogP contribution is 2.42. The van der Waals surface area contributed by atoms with Crippen molar-refractivity contribution in [3.8, 4) is 5.75 Å². The predicted molar refractivity (Wildman–Crippen MR) is 163 cm³/mol. The van der Waals surface area contributed by atoms with E-state index in [2.05, 4.69) is 25.9 Å². The Hall–Kier alpha value is -3.04. The van der Waals surface area contributed by atoms with Gasteiger partial charge in [-0.2, -0.15) is 4.98 Å². The van der Waals surface area contributed by atoms with E-state index >= 15 is 0 Å². The highest BCUT2D eigenvalue weighted by molar-refractivity contribution is 7.92. The molecule has 0 radical (unpaired) electrons. The lowest BCUT2D eigenvalue weighted by molar-refractivity contribution is -0.251. The number of aryl methyl sites for hydroxylation is 1. The fourth-order valence-corrected chi connectivity index (χ4v) is 6.42. The number of nitrogens with one attached hydrogen (secondary N) is 3. The number of benzene rings is 2. The van der Waals surface area contributed by atoms with E-state index < -0.39 is 38.4 Å². The van der Waals surface area contributed by atoms with Gasteiger partial charge in [0.2, 0.25) is 17.6 Å². The van der Waals surface area contributed by atoms with Crippen LogP contribution >= 0.6 is 11.6 Å². The SMILES string of the molecule is Cc1cc(Nc2ncc(Cl)c(Nc3ccccc3S(=O)(=O)C(C)C)n2)c(OC(C)(C)O)cc1C1CC(C)(O)NC(O)(O)C1. The van der Waals surface area contributed by atoms with Crippen LogP contribution in [0.15, 0.2) is 47.5 Å². The monoisotopic (exact) mass is 635 g/mol. The highest BCUT2D eigenvalue weighted by Gasteiger charge is 2.43. The molecule has 1 fully saturated rings. The van der Waals surface area contributed by atoms with Gasteiger partial charge in [0, 0.05) is 20.3 Å². The Morgan fingerprint density at radius 2 is 1.79 bits per heavy atom. The molecule has 0 amide bonds. The molecule has 4 rings (SSSR count). The summed E-state index contributed by atoms with van der Waals surface area (Å²) in [6, 6.07) is 9.86. The van der Waals surface area contributed by atoms with Crippen LogP contribution in [0.1, 0.15) is 64.5 Å². The summed E-state index contributed by atoms with van der Waals surface area (Å²) in [6.45, 7) is 9.40. The normalized spacial score (nSPS) is 20.6. The van der Waals surface area contributed by atoms with Crippen molar-refractivity contribution in [2.75, 3.05) is 10.6 Å². The number of hydrogen-bond acceptors (Lipinski definition) is 12. The second kappa shape index (κ2) is 11.8. The molecular weight excluding hydrogens is 598 g/mol. The zero-order valence-corrected chi connectivity index (χ0v) is 26.4. The van der Waals surface area contributed by atoms with Crippen molar-refractivity contribution in [3.63, 3.8) is 0 Å². The summed E-state index contributed by atoms with van der Waals surface area (Å²) in [5.74, 6) is -3.87. The van der Waals surface area contributed by atoms with Crippen LogP contribution in [-0.4, -0.2) is 61.5 Å². The van der Waals surface area contributed by atoms with Gasteiger partial charge < -0.3 is 35.8 Å². The highest BCUT2D eigenvalue weighted by atomic mass is 35.5. The zero-order chi connectivity index (χ0) is 32.0.